The molecule has 0 aromatic carbocycles. The summed E-state index contributed by atoms with van der Waals surface area (Å²) in [5.74, 6) is 0.322. The second-order valence-electron chi connectivity index (χ2n) is 2.23. The fourth-order valence-corrected chi connectivity index (χ4v) is 0.800. The van der Waals surface area contributed by atoms with E-state index in [1.165, 1.54) is 6.26 Å². The van der Waals surface area contributed by atoms with Crippen LogP contribution in [0.15, 0.2) is 22.8 Å². The Morgan fingerprint density at radius 3 is 3.00 bits per heavy atom. The zero-order valence-corrected chi connectivity index (χ0v) is 6.12. The molecule has 1 N–H and O–H groups in total. The maximum atomic E-state index is 11.1. The van der Waals surface area contributed by atoms with E-state index < -0.39 is 0 Å². The van der Waals surface area contributed by atoms with Crippen molar-refractivity contribution in [3.05, 3.63) is 24.2 Å². The van der Waals surface area contributed by atoms with Gasteiger partial charge in [0, 0.05) is 13.0 Å². The summed E-state index contributed by atoms with van der Waals surface area (Å²) in [6.07, 6.45) is 2.32. The van der Waals surface area contributed by atoms with Crippen molar-refractivity contribution in [1.82, 2.24) is 0 Å². The van der Waals surface area contributed by atoms with Crippen molar-refractivity contribution in [2.75, 3.05) is 6.61 Å². The third-order valence-electron chi connectivity index (χ3n) is 1.36. The summed E-state index contributed by atoms with van der Waals surface area (Å²) in [5.41, 5.74) is 0. The minimum absolute atomic E-state index is 0.0481. The second kappa shape index (κ2) is 3.93. The predicted octanol–water partition coefficient (Wildman–Crippen LogP) is 1.23. The van der Waals surface area contributed by atoms with E-state index in [0.29, 0.717) is 18.6 Å². The topological polar surface area (TPSA) is 50.4 Å². The molecule has 11 heavy (non-hydrogen) atoms. The molecule has 0 amide bonds. The Hall–Kier alpha value is -1.09. The lowest BCUT2D eigenvalue weighted by Crippen LogP contribution is -1.97. The Labute approximate surface area is 64.6 Å². The van der Waals surface area contributed by atoms with Crippen molar-refractivity contribution in [2.45, 2.75) is 12.8 Å². The first kappa shape index (κ1) is 8.01. The largest absolute Gasteiger partial charge is 0.461 e. The van der Waals surface area contributed by atoms with Gasteiger partial charge in [0.1, 0.15) is 0 Å². The Balaban J connectivity index is 2.43. The van der Waals surface area contributed by atoms with E-state index in [1.54, 1.807) is 12.1 Å². The van der Waals surface area contributed by atoms with Crippen LogP contribution in [0.5, 0.6) is 0 Å². The highest BCUT2D eigenvalue weighted by molar-refractivity contribution is 5.93. The van der Waals surface area contributed by atoms with Crippen LogP contribution in [0.25, 0.3) is 0 Å². The van der Waals surface area contributed by atoms with E-state index in [9.17, 15) is 4.79 Å². The molecule has 0 saturated heterocycles. The average molecular weight is 154 g/mol. The fourth-order valence-electron chi connectivity index (χ4n) is 0.800. The van der Waals surface area contributed by atoms with Crippen LogP contribution in [-0.2, 0) is 0 Å². The van der Waals surface area contributed by atoms with Crippen LogP contribution in [0.1, 0.15) is 23.4 Å². The van der Waals surface area contributed by atoms with Crippen LogP contribution in [0.2, 0.25) is 0 Å². The van der Waals surface area contributed by atoms with E-state index in [-0.39, 0.29) is 12.4 Å². The summed E-state index contributed by atoms with van der Waals surface area (Å²) < 4.78 is 4.86. The Morgan fingerprint density at radius 1 is 1.64 bits per heavy atom. The van der Waals surface area contributed by atoms with Crippen LogP contribution in [0.3, 0.4) is 0 Å². The maximum Gasteiger partial charge on any atom is 0.198 e. The monoisotopic (exact) mass is 154 g/mol. The number of carbonyl (C=O) groups is 1. The highest BCUT2D eigenvalue weighted by Gasteiger charge is 2.06. The maximum absolute atomic E-state index is 11.1. The highest BCUT2D eigenvalue weighted by Crippen LogP contribution is 2.05. The molecule has 0 radical (unpaired) electrons. The van der Waals surface area contributed by atoms with Crippen molar-refractivity contribution in [3.63, 3.8) is 0 Å². The molecule has 3 nitrogen and oxygen atoms in total. The van der Waals surface area contributed by atoms with Gasteiger partial charge in [-0.1, -0.05) is 0 Å². The van der Waals surface area contributed by atoms with Crippen LogP contribution in [0, 0.1) is 0 Å². The lowest BCUT2D eigenvalue weighted by atomic mass is 10.2. The number of ketones is 1. The summed E-state index contributed by atoms with van der Waals surface area (Å²) in [6, 6.07) is 3.30. The molecule has 1 aromatic heterocycles. The number of carbonyl (C=O) groups excluding carboxylic acids is 1. The molecule has 0 fully saturated rings. The second-order valence-corrected chi connectivity index (χ2v) is 2.23. The van der Waals surface area contributed by atoms with Crippen LogP contribution >= 0.6 is 0 Å². The Morgan fingerprint density at radius 2 is 2.45 bits per heavy atom. The van der Waals surface area contributed by atoms with E-state index in [1.807, 2.05) is 0 Å². The van der Waals surface area contributed by atoms with Crippen LogP contribution < -0.4 is 0 Å². The number of aliphatic hydroxyl groups is 1. The number of aliphatic hydroxyl groups excluding tert-OH is 1. The lowest BCUT2D eigenvalue weighted by molar-refractivity contribution is 0.0944. The zero-order valence-electron chi connectivity index (χ0n) is 6.12. The summed E-state index contributed by atoms with van der Waals surface area (Å²) in [7, 11) is 0. The summed E-state index contributed by atoms with van der Waals surface area (Å²) in [6.45, 7) is 0.0481. The predicted molar refractivity (Wildman–Crippen MR) is 39.4 cm³/mol. The molecule has 0 spiro atoms. The van der Waals surface area contributed by atoms with Gasteiger partial charge in [-0.05, 0) is 18.6 Å². The summed E-state index contributed by atoms with van der Waals surface area (Å²) in [4.78, 5) is 11.1. The molecule has 1 heterocycles. The van der Waals surface area contributed by atoms with Crippen molar-refractivity contribution >= 4 is 5.78 Å². The summed E-state index contributed by atoms with van der Waals surface area (Å²) in [5, 5.41) is 8.43. The van der Waals surface area contributed by atoms with Crippen molar-refractivity contribution in [1.29, 1.82) is 0 Å². The number of Topliss-reactive ketones (excluding diaryl/α,β-unsaturated/α-hetero) is 1. The molecular formula is C8H10O3. The van der Waals surface area contributed by atoms with Gasteiger partial charge in [0.05, 0.1) is 6.26 Å². The van der Waals surface area contributed by atoms with Gasteiger partial charge in [0.15, 0.2) is 11.5 Å². The molecule has 0 aliphatic carbocycles. The molecule has 60 valence electrons. The van der Waals surface area contributed by atoms with E-state index in [2.05, 4.69) is 0 Å². The van der Waals surface area contributed by atoms with Crippen molar-refractivity contribution in [2.24, 2.45) is 0 Å². The Kier molecular flexibility index (Phi) is 2.86. The SMILES string of the molecule is O=C(CCCO)c1ccco1. The summed E-state index contributed by atoms with van der Waals surface area (Å²) >= 11 is 0. The van der Waals surface area contributed by atoms with Gasteiger partial charge in [-0.15, -0.1) is 0 Å². The van der Waals surface area contributed by atoms with Crippen molar-refractivity contribution in [3.8, 4) is 0 Å². The van der Waals surface area contributed by atoms with Gasteiger partial charge in [-0.25, -0.2) is 0 Å². The normalized spacial score (nSPS) is 9.91. The number of hydrogen-bond acceptors (Lipinski definition) is 3. The first-order valence-corrected chi connectivity index (χ1v) is 3.52. The molecular weight excluding hydrogens is 144 g/mol. The number of furan rings is 1. The van der Waals surface area contributed by atoms with E-state index >= 15 is 0 Å². The Bertz CT molecular complexity index is 213. The number of rotatable bonds is 4. The molecule has 0 atom stereocenters. The fraction of sp³-hybridized carbons (Fsp3) is 0.375. The highest BCUT2D eigenvalue weighted by atomic mass is 16.3. The molecule has 0 saturated carbocycles. The third-order valence-corrected chi connectivity index (χ3v) is 1.36. The number of hydrogen-bond donors (Lipinski definition) is 1. The zero-order chi connectivity index (χ0) is 8.10. The lowest BCUT2D eigenvalue weighted by Gasteiger charge is -1.92. The van der Waals surface area contributed by atoms with Gasteiger partial charge in [0.25, 0.3) is 0 Å². The quantitative estimate of drug-likeness (QED) is 0.663. The first-order valence-electron chi connectivity index (χ1n) is 3.52. The molecule has 0 bridgehead atoms. The van der Waals surface area contributed by atoms with Gasteiger partial charge in [0.2, 0.25) is 0 Å². The smallest absolute Gasteiger partial charge is 0.198 e. The van der Waals surface area contributed by atoms with Gasteiger partial charge in [-0.2, -0.15) is 0 Å². The standard InChI is InChI=1S/C8H10O3/c9-5-1-3-7(10)8-4-2-6-11-8/h2,4,6,9H,1,3,5H2. The minimum atomic E-state index is -0.0518. The van der Waals surface area contributed by atoms with Gasteiger partial charge in [-0.3, -0.25) is 4.79 Å². The van der Waals surface area contributed by atoms with Gasteiger partial charge >= 0.3 is 0 Å². The first-order chi connectivity index (χ1) is 5.34. The van der Waals surface area contributed by atoms with E-state index in [0.717, 1.165) is 0 Å². The molecule has 0 aliphatic heterocycles. The van der Waals surface area contributed by atoms with Crippen molar-refractivity contribution < 1.29 is 14.3 Å². The average Bonchev–Trinajstić information content (AvgIpc) is 2.52. The molecule has 1 aromatic rings. The van der Waals surface area contributed by atoms with Crippen LogP contribution in [0.4, 0.5) is 0 Å². The third kappa shape index (κ3) is 2.20. The molecule has 0 unspecified atom stereocenters. The van der Waals surface area contributed by atoms with Gasteiger partial charge < -0.3 is 9.52 Å². The van der Waals surface area contributed by atoms with Crippen LogP contribution in [-0.4, -0.2) is 17.5 Å². The minimum Gasteiger partial charge on any atom is -0.461 e. The van der Waals surface area contributed by atoms with E-state index in [4.69, 9.17) is 9.52 Å². The molecule has 3 heteroatoms. The molecule has 1 rings (SSSR count). The molecule has 0 aliphatic rings.